The molecule has 2 unspecified atom stereocenters. The standard InChI is InChI=1S/C19H35N7O/c1-4-20-19(21-10-12-25-11-6-5-7-15(25)2)22-16-8-9-18-23-17(14-27-3)24-26(18)13-16/h15-16H,4-14H2,1-3H3,(H2,20,21,22). The topological polar surface area (TPSA) is 79.6 Å². The maximum Gasteiger partial charge on any atom is 0.191 e. The molecule has 0 amide bonds. The number of hydrogen-bond donors (Lipinski definition) is 2. The highest BCUT2D eigenvalue weighted by molar-refractivity contribution is 5.80. The van der Waals surface area contributed by atoms with Gasteiger partial charge in [0.1, 0.15) is 12.4 Å². The zero-order chi connectivity index (χ0) is 19.1. The van der Waals surface area contributed by atoms with E-state index >= 15 is 0 Å². The molecule has 1 fully saturated rings. The van der Waals surface area contributed by atoms with Gasteiger partial charge in [0.25, 0.3) is 0 Å². The van der Waals surface area contributed by atoms with Crippen LogP contribution in [0.25, 0.3) is 0 Å². The smallest absolute Gasteiger partial charge is 0.191 e. The van der Waals surface area contributed by atoms with E-state index in [4.69, 9.17) is 9.73 Å². The van der Waals surface area contributed by atoms with Crippen molar-refractivity contribution in [1.29, 1.82) is 0 Å². The summed E-state index contributed by atoms with van der Waals surface area (Å²) in [5, 5.41) is 11.5. The Kier molecular flexibility index (Phi) is 7.46. The summed E-state index contributed by atoms with van der Waals surface area (Å²) >= 11 is 0. The molecule has 8 nitrogen and oxygen atoms in total. The summed E-state index contributed by atoms with van der Waals surface area (Å²) in [7, 11) is 1.67. The van der Waals surface area contributed by atoms with E-state index in [9.17, 15) is 0 Å². The monoisotopic (exact) mass is 377 g/mol. The van der Waals surface area contributed by atoms with Crippen LogP contribution in [0.3, 0.4) is 0 Å². The first-order valence-electron chi connectivity index (χ1n) is 10.4. The van der Waals surface area contributed by atoms with Crippen LogP contribution >= 0.6 is 0 Å². The third-order valence-corrected chi connectivity index (χ3v) is 5.46. The zero-order valence-corrected chi connectivity index (χ0v) is 17.1. The molecule has 0 saturated carbocycles. The maximum absolute atomic E-state index is 5.14. The summed E-state index contributed by atoms with van der Waals surface area (Å²) < 4.78 is 7.15. The number of rotatable bonds is 7. The second kappa shape index (κ2) is 10.0. The minimum atomic E-state index is 0.321. The van der Waals surface area contributed by atoms with Crippen LogP contribution in [0.5, 0.6) is 0 Å². The van der Waals surface area contributed by atoms with Gasteiger partial charge in [-0.15, -0.1) is 0 Å². The number of piperidine rings is 1. The Bertz CT molecular complexity index is 615. The lowest BCUT2D eigenvalue weighted by Crippen LogP contribution is -2.47. The molecule has 2 aliphatic heterocycles. The summed E-state index contributed by atoms with van der Waals surface area (Å²) in [6.07, 6.45) is 5.97. The lowest BCUT2D eigenvalue weighted by molar-refractivity contribution is 0.166. The Morgan fingerprint density at radius 1 is 1.33 bits per heavy atom. The zero-order valence-electron chi connectivity index (χ0n) is 17.1. The van der Waals surface area contributed by atoms with Gasteiger partial charge in [0, 0.05) is 38.7 Å². The molecule has 152 valence electrons. The molecule has 3 heterocycles. The number of aliphatic imine (C=N–C) groups is 1. The van der Waals surface area contributed by atoms with E-state index in [1.54, 1.807) is 7.11 Å². The van der Waals surface area contributed by atoms with Crippen molar-refractivity contribution in [2.24, 2.45) is 4.99 Å². The van der Waals surface area contributed by atoms with Gasteiger partial charge in [-0.05, 0) is 39.7 Å². The van der Waals surface area contributed by atoms with Crippen molar-refractivity contribution >= 4 is 5.96 Å². The van der Waals surface area contributed by atoms with E-state index in [1.165, 1.54) is 25.8 Å². The van der Waals surface area contributed by atoms with Gasteiger partial charge in [-0.2, -0.15) is 5.10 Å². The molecule has 1 aromatic rings. The number of ether oxygens (including phenoxy) is 1. The molecule has 2 aliphatic rings. The molecule has 0 spiro atoms. The summed E-state index contributed by atoms with van der Waals surface area (Å²) in [6.45, 7) is 9.68. The van der Waals surface area contributed by atoms with Crippen LogP contribution in [0.2, 0.25) is 0 Å². The number of methoxy groups -OCH3 is 1. The highest BCUT2D eigenvalue weighted by Crippen LogP contribution is 2.16. The van der Waals surface area contributed by atoms with Crippen LogP contribution in [0.15, 0.2) is 4.99 Å². The lowest BCUT2D eigenvalue weighted by atomic mass is 10.0. The molecule has 0 aromatic carbocycles. The van der Waals surface area contributed by atoms with Crippen molar-refractivity contribution in [3.8, 4) is 0 Å². The van der Waals surface area contributed by atoms with Gasteiger partial charge in [-0.3, -0.25) is 9.89 Å². The van der Waals surface area contributed by atoms with Crippen LogP contribution < -0.4 is 10.6 Å². The number of nitrogens with zero attached hydrogens (tertiary/aromatic N) is 5. The van der Waals surface area contributed by atoms with Gasteiger partial charge >= 0.3 is 0 Å². The summed E-state index contributed by atoms with van der Waals surface area (Å²) in [5.74, 6) is 2.73. The van der Waals surface area contributed by atoms with E-state index < -0.39 is 0 Å². The lowest BCUT2D eigenvalue weighted by Gasteiger charge is -2.32. The van der Waals surface area contributed by atoms with Crippen molar-refractivity contribution in [3.05, 3.63) is 11.6 Å². The van der Waals surface area contributed by atoms with E-state index in [2.05, 4.69) is 39.5 Å². The van der Waals surface area contributed by atoms with Crippen molar-refractivity contribution in [2.45, 2.75) is 71.2 Å². The summed E-state index contributed by atoms with van der Waals surface area (Å²) in [6, 6.07) is 1.01. The fraction of sp³-hybridized carbons (Fsp3) is 0.842. The third-order valence-electron chi connectivity index (χ3n) is 5.46. The van der Waals surface area contributed by atoms with Gasteiger partial charge in [-0.25, -0.2) is 9.67 Å². The second-order valence-electron chi connectivity index (χ2n) is 7.58. The van der Waals surface area contributed by atoms with Crippen molar-refractivity contribution in [2.75, 3.05) is 33.3 Å². The Hall–Kier alpha value is -1.67. The first kappa shape index (κ1) is 20.1. The average molecular weight is 378 g/mol. The predicted octanol–water partition coefficient (Wildman–Crippen LogP) is 1.17. The molecule has 1 saturated heterocycles. The molecule has 3 rings (SSSR count). The van der Waals surface area contributed by atoms with E-state index in [1.807, 2.05) is 4.68 Å². The Morgan fingerprint density at radius 2 is 2.22 bits per heavy atom. The second-order valence-corrected chi connectivity index (χ2v) is 7.58. The molecule has 0 aliphatic carbocycles. The average Bonchev–Trinajstić information content (AvgIpc) is 3.05. The maximum atomic E-state index is 5.14. The molecule has 2 N–H and O–H groups in total. The molecule has 0 bridgehead atoms. The van der Waals surface area contributed by atoms with E-state index in [-0.39, 0.29) is 0 Å². The minimum Gasteiger partial charge on any atom is -0.377 e. The number of hydrogen-bond acceptors (Lipinski definition) is 5. The molecular formula is C19H35N7O. The van der Waals surface area contributed by atoms with Gasteiger partial charge in [0.05, 0.1) is 13.1 Å². The van der Waals surface area contributed by atoms with E-state index in [0.29, 0.717) is 18.7 Å². The normalized spacial score (nSPS) is 23.9. The highest BCUT2D eigenvalue weighted by Gasteiger charge is 2.22. The molecule has 1 aromatic heterocycles. The van der Waals surface area contributed by atoms with Gasteiger partial charge in [-0.1, -0.05) is 6.42 Å². The number of aryl methyl sites for hydroxylation is 1. The third kappa shape index (κ3) is 5.65. The van der Waals surface area contributed by atoms with Crippen LogP contribution in [0, 0.1) is 0 Å². The van der Waals surface area contributed by atoms with Crippen LogP contribution in [-0.2, 0) is 24.3 Å². The summed E-state index contributed by atoms with van der Waals surface area (Å²) in [5.41, 5.74) is 0. The quantitative estimate of drug-likeness (QED) is 0.549. The molecule has 2 atom stereocenters. The summed E-state index contributed by atoms with van der Waals surface area (Å²) in [4.78, 5) is 11.9. The van der Waals surface area contributed by atoms with Crippen LogP contribution in [0.1, 0.15) is 51.2 Å². The van der Waals surface area contributed by atoms with Crippen molar-refractivity contribution < 1.29 is 4.74 Å². The Morgan fingerprint density at radius 3 is 3.00 bits per heavy atom. The number of fused-ring (bicyclic) bond motifs is 1. The highest BCUT2D eigenvalue weighted by atomic mass is 16.5. The first-order chi connectivity index (χ1) is 13.2. The fourth-order valence-electron chi connectivity index (χ4n) is 3.96. The predicted molar refractivity (Wildman–Crippen MR) is 107 cm³/mol. The van der Waals surface area contributed by atoms with Gasteiger partial charge < -0.3 is 15.4 Å². The first-order valence-corrected chi connectivity index (χ1v) is 10.4. The van der Waals surface area contributed by atoms with E-state index in [0.717, 1.165) is 56.6 Å². The SMILES string of the molecule is CCNC(=NCCN1CCCCC1C)NC1CCc2nc(COC)nn2C1. The molecule has 27 heavy (non-hydrogen) atoms. The van der Waals surface area contributed by atoms with Crippen molar-refractivity contribution in [1.82, 2.24) is 30.3 Å². The Labute approximate surface area is 162 Å². The fourth-order valence-corrected chi connectivity index (χ4v) is 3.96. The number of aromatic nitrogens is 3. The van der Waals surface area contributed by atoms with Crippen LogP contribution in [0.4, 0.5) is 0 Å². The molecule has 8 heteroatoms. The number of guanidine groups is 1. The number of likely N-dealkylation sites (tertiary alicyclic amines) is 1. The minimum absolute atomic E-state index is 0.321. The molecular weight excluding hydrogens is 342 g/mol. The van der Waals surface area contributed by atoms with Crippen molar-refractivity contribution in [3.63, 3.8) is 0 Å². The number of nitrogens with one attached hydrogen (secondary N) is 2. The van der Waals surface area contributed by atoms with Gasteiger partial charge in [0.15, 0.2) is 11.8 Å². The Balaban J connectivity index is 1.52. The largest absolute Gasteiger partial charge is 0.377 e. The van der Waals surface area contributed by atoms with Crippen LogP contribution in [-0.4, -0.2) is 71.0 Å². The molecule has 0 radical (unpaired) electrons. The van der Waals surface area contributed by atoms with Gasteiger partial charge in [0.2, 0.25) is 0 Å².